The molecular formula is C7H14ClNO2S2. The van der Waals surface area contributed by atoms with Crippen LogP contribution in [0.1, 0.15) is 12.8 Å². The summed E-state index contributed by atoms with van der Waals surface area (Å²) in [5, 5.41) is 0. The number of thioether (sulfide) groups is 1. The third-order valence-corrected chi connectivity index (χ3v) is 5.36. The summed E-state index contributed by atoms with van der Waals surface area (Å²) in [5.41, 5.74) is 0. The topological polar surface area (TPSA) is 46.2 Å². The Bertz CT molecular complexity index is 262. The molecule has 0 unspecified atom stereocenters. The van der Waals surface area contributed by atoms with Crippen LogP contribution >= 0.6 is 23.4 Å². The van der Waals surface area contributed by atoms with Gasteiger partial charge in [-0.2, -0.15) is 11.8 Å². The zero-order chi connectivity index (χ0) is 9.95. The van der Waals surface area contributed by atoms with Gasteiger partial charge in [-0.1, -0.05) is 0 Å². The molecule has 3 nitrogen and oxygen atoms in total. The van der Waals surface area contributed by atoms with E-state index in [9.17, 15) is 8.42 Å². The summed E-state index contributed by atoms with van der Waals surface area (Å²) in [6, 6.07) is 0. The molecule has 0 radical (unpaired) electrons. The van der Waals surface area contributed by atoms with Crippen LogP contribution in [0.25, 0.3) is 0 Å². The highest BCUT2D eigenvalue weighted by Gasteiger charge is 2.42. The van der Waals surface area contributed by atoms with E-state index in [1.807, 2.05) is 6.26 Å². The van der Waals surface area contributed by atoms with Crippen LogP contribution in [-0.4, -0.2) is 37.6 Å². The van der Waals surface area contributed by atoms with Gasteiger partial charge >= 0.3 is 0 Å². The maximum Gasteiger partial charge on any atom is 0.212 e. The smallest absolute Gasteiger partial charge is 0.212 e. The highest BCUT2D eigenvalue weighted by atomic mass is 35.5. The van der Waals surface area contributed by atoms with E-state index in [1.165, 1.54) is 0 Å². The summed E-state index contributed by atoms with van der Waals surface area (Å²) in [6.07, 6.45) is 4.23. The molecule has 0 aliphatic heterocycles. The van der Waals surface area contributed by atoms with Crippen LogP contribution < -0.4 is 4.72 Å². The molecule has 1 aliphatic carbocycles. The van der Waals surface area contributed by atoms with Gasteiger partial charge in [0.2, 0.25) is 10.0 Å². The first-order valence-electron chi connectivity index (χ1n) is 4.12. The summed E-state index contributed by atoms with van der Waals surface area (Å²) >= 11 is 7.10. The Morgan fingerprint density at radius 2 is 2.15 bits per heavy atom. The molecule has 0 heterocycles. The SMILES string of the molecule is CSC1(CNS(=O)(=O)CCCl)CC1. The normalized spacial score (nSPS) is 20.2. The van der Waals surface area contributed by atoms with Crippen LogP contribution in [0.2, 0.25) is 0 Å². The molecule has 6 heteroatoms. The van der Waals surface area contributed by atoms with Gasteiger partial charge in [0.25, 0.3) is 0 Å². The first kappa shape index (κ1) is 11.6. The van der Waals surface area contributed by atoms with Crippen molar-refractivity contribution in [1.82, 2.24) is 4.72 Å². The fraction of sp³-hybridized carbons (Fsp3) is 1.00. The van der Waals surface area contributed by atoms with Crippen LogP contribution in [0.5, 0.6) is 0 Å². The quantitative estimate of drug-likeness (QED) is 0.710. The van der Waals surface area contributed by atoms with Crippen LogP contribution in [-0.2, 0) is 10.0 Å². The van der Waals surface area contributed by atoms with Crippen molar-refractivity contribution in [3.8, 4) is 0 Å². The zero-order valence-electron chi connectivity index (χ0n) is 7.55. The van der Waals surface area contributed by atoms with Gasteiger partial charge in [0.15, 0.2) is 0 Å². The van der Waals surface area contributed by atoms with Crippen LogP contribution in [0.4, 0.5) is 0 Å². The molecule has 78 valence electrons. The van der Waals surface area contributed by atoms with Crippen molar-refractivity contribution < 1.29 is 8.42 Å². The van der Waals surface area contributed by atoms with E-state index in [-0.39, 0.29) is 16.4 Å². The van der Waals surface area contributed by atoms with E-state index in [2.05, 4.69) is 4.72 Å². The second-order valence-electron chi connectivity index (χ2n) is 3.22. The van der Waals surface area contributed by atoms with Gasteiger partial charge in [-0.25, -0.2) is 13.1 Å². The Kier molecular flexibility index (Phi) is 3.92. The molecule has 0 aromatic rings. The molecule has 0 aromatic heterocycles. The predicted molar refractivity (Wildman–Crippen MR) is 58.0 cm³/mol. The molecule has 0 bridgehead atoms. The number of rotatable bonds is 6. The lowest BCUT2D eigenvalue weighted by atomic mass is 10.4. The van der Waals surface area contributed by atoms with Gasteiger partial charge in [-0.3, -0.25) is 0 Å². The van der Waals surface area contributed by atoms with E-state index in [1.54, 1.807) is 11.8 Å². The second-order valence-corrected chi connectivity index (χ2v) is 6.79. The van der Waals surface area contributed by atoms with Gasteiger partial charge < -0.3 is 0 Å². The molecule has 1 N–H and O–H groups in total. The van der Waals surface area contributed by atoms with Gasteiger partial charge in [0.05, 0.1) is 5.75 Å². The molecule has 0 amide bonds. The van der Waals surface area contributed by atoms with Crippen molar-refractivity contribution in [2.24, 2.45) is 0 Å². The maximum absolute atomic E-state index is 11.2. The molecule has 1 rings (SSSR count). The molecule has 0 atom stereocenters. The largest absolute Gasteiger partial charge is 0.214 e. The van der Waals surface area contributed by atoms with E-state index in [0.29, 0.717) is 6.54 Å². The van der Waals surface area contributed by atoms with Crippen molar-refractivity contribution in [2.45, 2.75) is 17.6 Å². The Balaban J connectivity index is 2.33. The summed E-state index contributed by atoms with van der Waals surface area (Å²) in [4.78, 5) is 0. The molecule has 1 fully saturated rings. The fourth-order valence-electron chi connectivity index (χ4n) is 1.01. The van der Waals surface area contributed by atoms with Crippen LogP contribution in [0.15, 0.2) is 0 Å². The number of alkyl halides is 1. The Hall–Kier alpha value is 0.550. The number of sulfonamides is 1. The minimum atomic E-state index is -3.13. The summed E-state index contributed by atoms with van der Waals surface area (Å²) in [7, 11) is -3.13. The summed E-state index contributed by atoms with van der Waals surface area (Å²) in [6.45, 7) is 0.549. The molecule has 1 saturated carbocycles. The van der Waals surface area contributed by atoms with Crippen molar-refractivity contribution in [1.29, 1.82) is 0 Å². The minimum Gasteiger partial charge on any atom is -0.214 e. The Labute approximate surface area is 88.7 Å². The molecular weight excluding hydrogens is 230 g/mol. The number of nitrogens with one attached hydrogen (secondary N) is 1. The molecule has 0 saturated heterocycles. The van der Waals surface area contributed by atoms with Crippen LogP contribution in [0, 0.1) is 0 Å². The summed E-state index contributed by atoms with van der Waals surface area (Å²) < 4.78 is 25.2. The lowest BCUT2D eigenvalue weighted by Gasteiger charge is -2.12. The Morgan fingerprint density at radius 1 is 1.54 bits per heavy atom. The van der Waals surface area contributed by atoms with Crippen LogP contribution in [0.3, 0.4) is 0 Å². The maximum atomic E-state index is 11.2. The first-order valence-corrected chi connectivity index (χ1v) is 7.53. The first-order chi connectivity index (χ1) is 6.04. The lowest BCUT2D eigenvalue weighted by molar-refractivity contribution is 0.581. The fourth-order valence-corrected chi connectivity index (χ4v) is 3.28. The van der Waals surface area contributed by atoms with Gasteiger partial charge in [-0.05, 0) is 19.1 Å². The Morgan fingerprint density at radius 3 is 2.54 bits per heavy atom. The van der Waals surface area contributed by atoms with Gasteiger partial charge in [0.1, 0.15) is 0 Å². The summed E-state index contributed by atoms with van der Waals surface area (Å²) in [5.74, 6) is 0.167. The average molecular weight is 244 g/mol. The molecule has 0 aromatic carbocycles. The van der Waals surface area contributed by atoms with E-state index in [0.717, 1.165) is 12.8 Å². The van der Waals surface area contributed by atoms with E-state index in [4.69, 9.17) is 11.6 Å². The molecule has 1 aliphatic rings. The average Bonchev–Trinajstić information content (AvgIpc) is 2.82. The number of hydrogen-bond acceptors (Lipinski definition) is 3. The highest BCUT2D eigenvalue weighted by molar-refractivity contribution is 8.00. The third kappa shape index (κ3) is 3.65. The second kappa shape index (κ2) is 4.38. The molecule has 13 heavy (non-hydrogen) atoms. The molecule has 0 spiro atoms. The number of hydrogen-bond donors (Lipinski definition) is 1. The van der Waals surface area contributed by atoms with Gasteiger partial charge in [0, 0.05) is 17.2 Å². The van der Waals surface area contributed by atoms with Crippen molar-refractivity contribution in [3.05, 3.63) is 0 Å². The minimum absolute atomic E-state index is 0.0129. The number of halogens is 1. The van der Waals surface area contributed by atoms with Crippen molar-refractivity contribution >= 4 is 33.4 Å². The standard InChI is InChI=1S/C7H14ClNO2S2/c1-12-7(2-3-7)6-9-13(10,11)5-4-8/h9H,2-6H2,1H3. The van der Waals surface area contributed by atoms with Crippen molar-refractivity contribution in [2.75, 3.05) is 24.4 Å². The highest BCUT2D eigenvalue weighted by Crippen LogP contribution is 2.46. The van der Waals surface area contributed by atoms with Gasteiger partial charge in [-0.15, -0.1) is 11.6 Å². The lowest BCUT2D eigenvalue weighted by Crippen LogP contribution is -2.33. The van der Waals surface area contributed by atoms with Crippen molar-refractivity contribution in [3.63, 3.8) is 0 Å². The third-order valence-electron chi connectivity index (χ3n) is 2.20. The van der Waals surface area contributed by atoms with E-state index < -0.39 is 10.0 Å². The monoisotopic (exact) mass is 243 g/mol. The predicted octanol–water partition coefficient (Wildman–Crippen LogP) is 1.04. The zero-order valence-corrected chi connectivity index (χ0v) is 9.94. The van der Waals surface area contributed by atoms with E-state index >= 15 is 0 Å².